The van der Waals surface area contributed by atoms with Crippen molar-refractivity contribution in [1.82, 2.24) is 19.4 Å². The fourth-order valence-corrected chi connectivity index (χ4v) is 3.32. The standard InChI is InChI=1S/C18H24N4O2/c1-14-12-20(2)10-11-22(14)17(23)8-5-9-21-13-19-16-7-4-3-6-15(16)18(21)24/h3-4,6-7,13-14H,5,8-12H2,1-2H3. The Morgan fingerprint density at radius 3 is 2.88 bits per heavy atom. The second kappa shape index (κ2) is 7.13. The second-order valence-electron chi connectivity index (χ2n) is 6.56. The number of aryl methyl sites for hydroxylation is 1. The van der Waals surface area contributed by atoms with Gasteiger partial charge in [0.05, 0.1) is 17.2 Å². The third-order valence-corrected chi connectivity index (χ3v) is 4.67. The van der Waals surface area contributed by atoms with Crippen LogP contribution in [0.25, 0.3) is 10.9 Å². The van der Waals surface area contributed by atoms with E-state index in [1.807, 2.05) is 23.1 Å². The lowest BCUT2D eigenvalue weighted by Gasteiger charge is -2.38. The molecule has 1 unspecified atom stereocenters. The van der Waals surface area contributed by atoms with Crippen LogP contribution in [0.4, 0.5) is 0 Å². The molecule has 1 aliphatic rings. The van der Waals surface area contributed by atoms with E-state index in [1.54, 1.807) is 17.0 Å². The van der Waals surface area contributed by atoms with Gasteiger partial charge in [-0.3, -0.25) is 14.2 Å². The molecule has 6 heteroatoms. The van der Waals surface area contributed by atoms with E-state index in [9.17, 15) is 9.59 Å². The van der Waals surface area contributed by atoms with Crippen molar-refractivity contribution in [2.45, 2.75) is 32.4 Å². The van der Waals surface area contributed by atoms with Crippen molar-refractivity contribution in [2.75, 3.05) is 26.7 Å². The van der Waals surface area contributed by atoms with Gasteiger partial charge in [-0.2, -0.15) is 0 Å². The molecule has 0 saturated carbocycles. The van der Waals surface area contributed by atoms with Gasteiger partial charge in [0.2, 0.25) is 5.91 Å². The van der Waals surface area contributed by atoms with Crippen LogP contribution in [0.3, 0.4) is 0 Å². The van der Waals surface area contributed by atoms with Crippen molar-refractivity contribution in [1.29, 1.82) is 0 Å². The second-order valence-corrected chi connectivity index (χ2v) is 6.56. The number of fused-ring (bicyclic) bond motifs is 1. The first kappa shape index (κ1) is 16.6. The molecule has 1 aromatic carbocycles. The van der Waals surface area contributed by atoms with Crippen LogP contribution in [-0.4, -0.2) is 58.0 Å². The van der Waals surface area contributed by atoms with Crippen molar-refractivity contribution in [3.8, 4) is 0 Å². The van der Waals surface area contributed by atoms with E-state index >= 15 is 0 Å². The van der Waals surface area contributed by atoms with E-state index in [0.717, 1.165) is 19.6 Å². The Bertz CT molecular complexity index is 786. The number of rotatable bonds is 4. The van der Waals surface area contributed by atoms with Crippen molar-refractivity contribution >= 4 is 16.8 Å². The maximum Gasteiger partial charge on any atom is 0.261 e. The number of likely N-dealkylation sites (N-methyl/N-ethyl adjacent to an activating group) is 1. The summed E-state index contributed by atoms with van der Waals surface area (Å²) in [6.45, 7) is 5.23. The molecule has 0 aliphatic carbocycles. The van der Waals surface area contributed by atoms with Crippen molar-refractivity contribution in [3.05, 3.63) is 40.9 Å². The van der Waals surface area contributed by atoms with E-state index < -0.39 is 0 Å². The van der Waals surface area contributed by atoms with Gasteiger partial charge < -0.3 is 9.80 Å². The van der Waals surface area contributed by atoms with Crippen LogP contribution in [-0.2, 0) is 11.3 Å². The number of amides is 1. The van der Waals surface area contributed by atoms with Gasteiger partial charge in [0.1, 0.15) is 0 Å². The lowest BCUT2D eigenvalue weighted by atomic mass is 10.1. The molecule has 3 rings (SSSR count). The molecule has 2 heterocycles. The van der Waals surface area contributed by atoms with Crippen molar-refractivity contribution in [2.24, 2.45) is 0 Å². The summed E-state index contributed by atoms with van der Waals surface area (Å²) in [5.74, 6) is 0.178. The molecule has 128 valence electrons. The van der Waals surface area contributed by atoms with Gasteiger partial charge in [-0.05, 0) is 32.5 Å². The van der Waals surface area contributed by atoms with Gasteiger partial charge in [-0.15, -0.1) is 0 Å². The number of carbonyl (C=O) groups is 1. The summed E-state index contributed by atoms with van der Waals surface area (Å²) in [4.78, 5) is 33.3. The van der Waals surface area contributed by atoms with E-state index in [1.165, 1.54) is 0 Å². The zero-order chi connectivity index (χ0) is 17.1. The van der Waals surface area contributed by atoms with Crippen LogP contribution in [0.5, 0.6) is 0 Å². The number of benzene rings is 1. The minimum absolute atomic E-state index is 0.0407. The monoisotopic (exact) mass is 328 g/mol. The lowest BCUT2D eigenvalue weighted by molar-refractivity contribution is -0.135. The first-order chi connectivity index (χ1) is 11.6. The van der Waals surface area contributed by atoms with Gasteiger partial charge in [0.15, 0.2) is 0 Å². The number of para-hydroxylation sites is 1. The highest BCUT2D eigenvalue weighted by atomic mass is 16.2. The molecular formula is C18H24N4O2. The molecule has 1 amide bonds. The highest BCUT2D eigenvalue weighted by Gasteiger charge is 2.25. The summed E-state index contributed by atoms with van der Waals surface area (Å²) in [5, 5.41) is 0.624. The summed E-state index contributed by atoms with van der Waals surface area (Å²) in [7, 11) is 2.08. The molecular weight excluding hydrogens is 304 g/mol. The Morgan fingerprint density at radius 1 is 1.29 bits per heavy atom. The van der Waals surface area contributed by atoms with Crippen LogP contribution < -0.4 is 5.56 Å². The first-order valence-electron chi connectivity index (χ1n) is 8.48. The molecule has 24 heavy (non-hydrogen) atoms. The molecule has 1 atom stereocenters. The molecule has 6 nitrogen and oxygen atoms in total. The predicted molar refractivity (Wildman–Crippen MR) is 93.9 cm³/mol. The highest BCUT2D eigenvalue weighted by molar-refractivity contribution is 5.77. The van der Waals surface area contributed by atoms with Crippen molar-refractivity contribution < 1.29 is 4.79 Å². The number of hydrogen-bond donors (Lipinski definition) is 0. The molecule has 1 saturated heterocycles. The topological polar surface area (TPSA) is 58.4 Å². The van der Waals surface area contributed by atoms with E-state index in [4.69, 9.17) is 0 Å². The van der Waals surface area contributed by atoms with Gasteiger partial charge in [0, 0.05) is 38.6 Å². The van der Waals surface area contributed by atoms with Gasteiger partial charge >= 0.3 is 0 Å². The van der Waals surface area contributed by atoms with Crippen LogP contribution in [0.2, 0.25) is 0 Å². The number of hydrogen-bond acceptors (Lipinski definition) is 4. The highest BCUT2D eigenvalue weighted by Crippen LogP contribution is 2.11. The van der Waals surface area contributed by atoms with Crippen LogP contribution in [0, 0.1) is 0 Å². The smallest absolute Gasteiger partial charge is 0.261 e. The molecule has 0 radical (unpaired) electrons. The molecule has 1 aromatic heterocycles. The zero-order valence-corrected chi connectivity index (χ0v) is 14.3. The van der Waals surface area contributed by atoms with Crippen LogP contribution >= 0.6 is 0 Å². The Balaban J connectivity index is 1.59. The molecule has 0 bridgehead atoms. The van der Waals surface area contributed by atoms with Gasteiger partial charge in [-0.1, -0.05) is 12.1 Å². The Kier molecular flexibility index (Phi) is 4.94. The van der Waals surface area contributed by atoms with Crippen molar-refractivity contribution in [3.63, 3.8) is 0 Å². The summed E-state index contributed by atoms with van der Waals surface area (Å²) in [6, 6.07) is 7.59. The Labute approximate surface area is 141 Å². The molecule has 1 aliphatic heterocycles. The number of aromatic nitrogens is 2. The number of piperazine rings is 1. The Morgan fingerprint density at radius 2 is 2.08 bits per heavy atom. The number of nitrogens with zero attached hydrogens (tertiary/aromatic N) is 4. The van der Waals surface area contributed by atoms with Crippen LogP contribution in [0.15, 0.2) is 35.4 Å². The summed E-state index contributed by atoms with van der Waals surface area (Å²) >= 11 is 0. The third kappa shape index (κ3) is 3.48. The summed E-state index contributed by atoms with van der Waals surface area (Å²) in [6.07, 6.45) is 2.69. The molecule has 0 spiro atoms. The summed E-state index contributed by atoms with van der Waals surface area (Å²) in [5.41, 5.74) is 0.669. The molecule has 1 fully saturated rings. The first-order valence-corrected chi connectivity index (χ1v) is 8.48. The third-order valence-electron chi connectivity index (χ3n) is 4.67. The average Bonchev–Trinajstić information content (AvgIpc) is 2.57. The lowest BCUT2D eigenvalue weighted by Crippen LogP contribution is -2.52. The number of carbonyl (C=O) groups excluding carboxylic acids is 1. The summed E-state index contributed by atoms with van der Waals surface area (Å²) < 4.78 is 1.60. The predicted octanol–water partition coefficient (Wildman–Crippen LogP) is 1.34. The average molecular weight is 328 g/mol. The van der Waals surface area contributed by atoms with Gasteiger partial charge in [-0.25, -0.2) is 4.98 Å². The fourth-order valence-electron chi connectivity index (χ4n) is 3.32. The Hall–Kier alpha value is -2.21. The largest absolute Gasteiger partial charge is 0.337 e. The quantitative estimate of drug-likeness (QED) is 0.850. The molecule has 2 aromatic rings. The fraction of sp³-hybridized carbons (Fsp3) is 0.500. The van der Waals surface area contributed by atoms with Gasteiger partial charge in [0.25, 0.3) is 5.56 Å². The normalized spacial score (nSPS) is 18.9. The maximum atomic E-state index is 12.4. The van der Waals surface area contributed by atoms with E-state index in [2.05, 4.69) is 23.9 Å². The minimum Gasteiger partial charge on any atom is -0.337 e. The minimum atomic E-state index is -0.0407. The van der Waals surface area contributed by atoms with E-state index in [-0.39, 0.29) is 17.5 Å². The van der Waals surface area contributed by atoms with E-state index in [0.29, 0.717) is 30.3 Å². The molecule has 0 N–H and O–H groups in total. The SMILES string of the molecule is CC1CN(C)CCN1C(=O)CCCn1cnc2ccccc2c1=O. The van der Waals surface area contributed by atoms with Crippen LogP contribution in [0.1, 0.15) is 19.8 Å². The maximum absolute atomic E-state index is 12.4. The zero-order valence-electron chi connectivity index (χ0n) is 14.3.